The van der Waals surface area contributed by atoms with Crippen LogP contribution in [0.15, 0.2) is 18.2 Å². The quantitative estimate of drug-likeness (QED) is 0.642. The maximum absolute atomic E-state index is 6.00. The van der Waals surface area contributed by atoms with E-state index in [0.29, 0.717) is 0 Å². The summed E-state index contributed by atoms with van der Waals surface area (Å²) in [5.74, 6) is 0.763. The van der Waals surface area contributed by atoms with Crippen molar-refractivity contribution in [3.8, 4) is 5.88 Å². The lowest BCUT2D eigenvalue weighted by Crippen LogP contribution is -2.09. The number of aryl methyl sites for hydroxylation is 2. The minimum Gasteiger partial charge on any atom is -0.474 e. The average molecular weight is 350 g/mol. The first kappa shape index (κ1) is 16.3. The van der Waals surface area contributed by atoms with E-state index in [9.17, 15) is 0 Å². The van der Waals surface area contributed by atoms with Crippen molar-refractivity contribution in [1.82, 2.24) is 4.98 Å². The third-order valence-corrected chi connectivity index (χ3v) is 4.10. The Labute approximate surface area is 136 Å². The molecule has 114 valence electrons. The summed E-state index contributed by atoms with van der Waals surface area (Å²) in [5, 5.41) is 2.37. The Bertz CT molecular complexity index is 635. The van der Waals surface area contributed by atoms with Gasteiger partial charge in [-0.05, 0) is 56.7 Å². The standard InChI is InChI=1S/C18H24BrNO/c1-6-7-14-8-9-15-10-16(13(5)19)20-18(21-11(2)3)17(15)12(14)4/h8-11,13H,6-7H2,1-5H3. The second-order valence-electron chi connectivity index (χ2n) is 5.83. The predicted molar refractivity (Wildman–Crippen MR) is 93.6 cm³/mol. The Kier molecular flexibility index (Phi) is 5.26. The highest BCUT2D eigenvalue weighted by Gasteiger charge is 2.15. The fourth-order valence-electron chi connectivity index (χ4n) is 2.60. The summed E-state index contributed by atoms with van der Waals surface area (Å²) < 4.78 is 6.00. The van der Waals surface area contributed by atoms with Crippen LogP contribution in [-0.4, -0.2) is 11.1 Å². The summed E-state index contributed by atoms with van der Waals surface area (Å²) in [5.41, 5.74) is 3.70. The molecule has 0 saturated heterocycles. The molecule has 0 amide bonds. The SMILES string of the molecule is CCCc1ccc2cc(C(C)Br)nc(OC(C)C)c2c1C. The summed E-state index contributed by atoms with van der Waals surface area (Å²) in [6.07, 6.45) is 2.37. The van der Waals surface area contributed by atoms with Crippen molar-refractivity contribution in [1.29, 1.82) is 0 Å². The number of alkyl halides is 1. The predicted octanol–water partition coefficient (Wildman–Crippen LogP) is 5.74. The highest BCUT2D eigenvalue weighted by Crippen LogP contribution is 2.34. The van der Waals surface area contributed by atoms with Gasteiger partial charge in [0.15, 0.2) is 0 Å². The molecule has 0 bridgehead atoms. The zero-order valence-corrected chi connectivity index (χ0v) is 15.1. The third-order valence-electron chi connectivity index (χ3n) is 3.63. The van der Waals surface area contributed by atoms with Gasteiger partial charge in [0.2, 0.25) is 5.88 Å². The molecule has 0 aliphatic carbocycles. The second kappa shape index (κ2) is 6.78. The molecule has 1 heterocycles. The van der Waals surface area contributed by atoms with E-state index >= 15 is 0 Å². The van der Waals surface area contributed by atoms with Crippen LogP contribution in [0.1, 0.15) is 55.8 Å². The first-order valence-electron chi connectivity index (χ1n) is 7.67. The molecule has 21 heavy (non-hydrogen) atoms. The van der Waals surface area contributed by atoms with Crippen molar-refractivity contribution in [2.45, 2.75) is 58.4 Å². The van der Waals surface area contributed by atoms with Crippen molar-refractivity contribution in [2.24, 2.45) is 0 Å². The molecular weight excluding hydrogens is 326 g/mol. The zero-order chi connectivity index (χ0) is 15.6. The minimum atomic E-state index is 0.121. The van der Waals surface area contributed by atoms with Crippen LogP contribution < -0.4 is 4.74 Å². The lowest BCUT2D eigenvalue weighted by Gasteiger charge is -2.17. The molecule has 2 aromatic rings. The zero-order valence-electron chi connectivity index (χ0n) is 13.5. The molecule has 0 N–H and O–H groups in total. The fourth-order valence-corrected chi connectivity index (χ4v) is 2.83. The number of benzene rings is 1. The van der Waals surface area contributed by atoms with Gasteiger partial charge >= 0.3 is 0 Å². The monoisotopic (exact) mass is 349 g/mol. The molecule has 1 unspecified atom stereocenters. The number of fused-ring (bicyclic) bond motifs is 1. The van der Waals surface area contributed by atoms with E-state index in [4.69, 9.17) is 9.72 Å². The summed E-state index contributed by atoms with van der Waals surface area (Å²) >= 11 is 3.61. The lowest BCUT2D eigenvalue weighted by molar-refractivity contribution is 0.235. The van der Waals surface area contributed by atoms with Gasteiger partial charge in [0, 0.05) is 5.39 Å². The summed E-state index contributed by atoms with van der Waals surface area (Å²) in [6.45, 7) is 10.6. The minimum absolute atomic E-state index is 0.121. The van der Waals surface area contributed by atoms with E-state index in [1.54, 1.807) is 0 Å². The van der Waals surface area contributed by atoms with Crippen LogP contribution in [0.2, 0.25) is 0 Å². The van der Waals surface area contributed by atoms with E-state index in [1.165, 1.54) is 16.5 Å². The first-order valence-corrected chi connectivity index (χ1v) is 8.59. The van der Waals surface area contributed by atoms with Gasteiger partial charge in [0.25, 0.3) is 0 Å². The third kappa shape index (κ3) is 3.57. The molecule has 0 radical (unpaired) electrons. The van der Waals surface area contributed by atoms with E-state index < -0.39 is 0 Å². The van der Waals surface area contributed by atoms with Gasteiger partial charge in [0.1, 0.15) is 0 Å². The molecule has 1 atom stereocenters. The molecule has 0 aliphatic heterocycles. The number of aromatic nitrogens is 1. The number of halogens is 1. The second-order valence-corrected chi connectivity index (χ2v) is 7.21. The van der Waals surface area contributed by atoms with Crippen molar-refractivity contribution in [3.05, 3.63) is 35.0 Å². The number of hydrogen-bond donors (Lipinski definition) is 0. The highest BCUT2D eigenvalue weighted by atomic mass is 79.9. The van der Waals surface area contributed by atoms with Crippen LogP contribution in [0.25, 0.3) is 10.8 Å². The number of rotatable bonds is 5. The van der Waals surface area contributed by atoms with Crippen LogP contribution in [-0.2, 0) is 6.42 Å². The van der Waals surface area contributed by atoms with Gasteiger partial charge < -0.3 is 4.74 Å². The van der Waals surface area contributed by atoms with Gasteiger partial charge in [-0.2, -0.15) is 0 Å². The molecule has 3 heteroatoms. The number of hydrogen-bond acceptors (Lipinski definition) is 2. The molecule has 0 aliphatic rings. The fraction of sp³-hybridized carbons (Fsp3) is 0.500. The Hall–Kier alpha value is -1.09. The van der Waals surface area contributed by atoms with Gasteiger partial charge in [-0.25, -0.2) is 4.98 Å². The van der Waals surface area contributed by atoms with Gasteiger partial charge in [-0.15, -0.1) is 0 Å². The van der Waals surface area contributed by atoms with Crippen LogP contribution in [0, 0.1) is 6.92 Å². The Morgan fingerprint density at radius 2 is 1.95 bits per heavy atom. The molecule has 2 rings (SSSR count). The first-order chi connectivity index (χ1) is 9.93. The summed E-state index contributed by atoms with van der Waals surface area (Å²) in [6, 6.07) is 6.59. The van der Waals surface area contributed by atoms with Crippen molar-refractivity contribution in [3.63, 3.8) is 0 Å². The summed E-state index contributed by atoms with van der Waals surface area (Å²) in [7, 11) is 0. The highest BCUT2D eigenvalue weighted by molar-refractivity contribution is 9.09. The Morgan fingerprint density at radius 1 is 1.24 bits per heavy atom. The van der Waals surface area contributed by atoms with Crippen LogP contribution in [0.5, 0.6) is 5.88 Å². The van der Waals surface area contributed by atoms with Gasteiger partial charge in [-0.3, -0.25) is 0 Å². The number of ether oxygens (including phenoxy) is 1. The molecule has 0 saturated carbocycles. The van der Waals surface area contributed by atoms with Crippen molar-refractivity contribution in [2.75, 3.05) is 0 Å². The molecule has 1 aromatic heterocycles. The average Bonchev–Trinajstić information content (AvgIpc) is 2.41. The molecular formula is C18H24BrNO. The van der Waals surface area contributed by atoms with E-state index in [1.807, 2.05) is 13.8 Å². The van der Waals surface area contributed by atoms with E-state index in [-0.39, 0.29) is 10.9 Å². The number of pyridine rings is 1. The summed E-state index contributed by atoms with van der Waals surface area (Å²) in [4.78, 5) is 4.95. The van der Waals surface area contributed by atoms with Gasteiger partial charge in [0.05, 0.1) is 16.6 Å². The van der Waals surface area contributed by atoms with Crippen molar-refractivity contribution < 1.29 is 4.74 Å². The normalized spacial score (nSPS) is 12.9. The molecule has 2 nitrogen and oxygen atoms in total. The largest absolute Gasteiger partial charge is 0.474 e. The van der Waals surface area contributed by atoms with E-state index in [0.717, 1.165) is 29.8 Å². The molecule has 0 spiro atoms. The van der Waals surface area contributed by atoms with Gasteiger partial charge in [-0.1, -0.05) is 41.4 Å². The van der Waals surface area contributed by atoms with Crippen LogP contribution in [0.3, 0.4) is 0 Å². The van der Waals surface area contributed by atoms with Crippen LogP contribution >= 0.6 is 15.9 Å². The maximum atomic E-state index is 6.00. The van der Waals surface area contributed by atoms with E-state index in [2.05, 4.69) is 54.9 Å². The Balaban J connectivity index is 2.69. The molecule has 0 fully saturated rings. The maximum Gasteiger partial charge on any atom is 0.222 e. The lowest BCUT2D eigenvalue weighted by atomic mass is 9.97. The smallest absolute Gasteiger partial charge is 0.222 e. The molecule has 1 aromatic carbocycles. The Morgan fingerprint density at radius 3 is 2.52 bits per heavy atom. The topological polar surface area (TPSA) is 22.1 Å². The van der Waals surface area contributed by atoms with Crippen molar-refractivity contribution >= 4 is 26.7 Å². The van der Waals surface area contributed by atoms with Crippen LogP contribution in [0.4, 0.5) is 0 Å². The number of nitrogens with zero attached hydrogens (tertiary/aromatic N) is 1.